The molecule has 1 aliphatic carbocycles. The van der Waals surface area contributed by atoms with E-state index in [1.54, 1.807) is 6.20 Å². The van der Waals surface area contributed by atoms with Gasteiger partial charge in [-0.3, -0.25) is 14.6 Å². The summed E-state index contributed by atoms with van der Waals surface area (Å²) in [5.74, 6) is 1.25. The lowest BCUT2D eigenvalue weighted by Crippen LogP contribution is -2.30. The second-order valence-electron chi connectivity index (χ2n) is 6.27. The molecule has 1 aliphatic heterocycles. The molecule has 6 nitrogen and oxygen atoms in total. The third-order valence-electron chi connectivity index (χ3n) is 4.50. The van der Waals surface area contributed by atoms with E-state index in [2.05, 4.69) is 15.0 Å². The van der Waals surface area contributed by atoms with Gasteiger partial charge in [-0.15, -0.1) is 0 Å². The Morgan fingerprint density at radius 1 is 1.22 bits per heavy atom. The molecule has 2 aromatic heterocycles. The van der Waals surface area contributed by atoms with Crippen molar-refractivity contribution in [3.8, 4) is 11.4 Å². The fraction of sp³-hybridized carbons (Fsp3) is 0.412. The molecule has 1 unspecified atom stereocenters. The Kier molecular flexibility index (Phi) is 3.44. The number of carbonyl (C=O) groups excluding carboxylic acids is 1. The average molecular weight is 310 g/mol. The van der Waals surface area contributed by atoms with Gasteiger partial charge in [-0.25, -0.2) is 4.98 Å². The van der Waals surface area contributed by atoms with Gasteiger partial charge in [-0.1, -0.05) is 6.07 Å². The molecule has 23 heavy (non-hydrogen) atoms. The van der Waals surface area contributed by atoms with Crippen molar-refractivity contribution in [1.29, 1.82) is 0 Å². The molecular weight excluding hydrogens is 292 g/mol. The number of aromatic nitrogens is 3. The van der Waals surface area contributed by atoms with Crippen molar-refractivity contribution in [3.05, 3.63) is 46.6 Å². The van der Waals surface area contributed by atoms with Gasteiger partial charge in [-0.05, 0) is 31.4 Å². The van der Waals surface area contributed by atoms with E-state index in [1.165, 1.54) is 6.07 Å². The maximum atomic E-state index is 12.2. The van der Waals surface area contributed by atoms with E-state index in [4.69, 9.17) is 0 Å². The molecule has 2 aromatic rings. The lowest BCUT2D eigenvalue weighted by atomic mass is 10.1. The Balaban J connectivity index is 1.58. The van der Waals surface area contributed by atoms with Crippen LogP contribution in [-0.4, -0.2) is 38.8 Å². The van der Waals surface area contributed by atoms with Crippen LogP contribution in [0, 0.1) is 5.92 Å². The molecule has 1 atom stereocenters. The number of hydrogen-bond acceptors (Lipinski definition) is 4. The van der Waals surface area contributed by atoms with Crippen LogP contribution in [0.25, 0.3) is 11.4 Å². The molecule has 118 valence electrons. The van der Waals surface area contributed by atoms with Crippen molar-refractivity contribution in [2.45, 2.75) is 25.2 Å². The average Bonchev–Trinajstić information content (AvgIpc) is 3.31. The van der Waals surface area contributed by atoms with E-state index < -0.39 is 0 Å². The van der Waals surface area contributed by atoms with Gasteiger partial charge in [0.05, 0.1) is 11.4 Å². The zero-order chi connectivity index (χ0) is 15.8. The van der Waals surface area contributed by atoms with Gasteiger partial charge in [0.25, 0.3) is 5.56 Å². The van der Waals surface area contributed by atoms with E-state index in [1.807, 2.05) is 23.1 Å². The zero-order valence-electron chi connectivity index (χ0n) is 12.7. The van der Waals surface area contributed by atoms with Crippen LogP contribution in [0.3, 0.4) is 0 Å². The zero-order valence-corrected chi connectivity index (χ0v) is 12.7. The monoisotopic (exact) mass is 310 g/mol. The van der Waals surface area contributed by atoms with Crippen molar-refractivity contribution < 1.29 is 4.79 Å². The summed E-state index contributed by atoms with van der Waals surface area (Å²) in [7, 11) is 0. The van der Waals surface area contributed by atoms with Crippen molar-refractivity contribution in [2.75, 3.05) is 13.1 Å². The maximum absolute atomic E-state index is 12.2. The second kappa shape index (κ2) is 5.61. The van der Waals surface area contributed by atoms with Crippen molar-refractivity contribution in [1.82, 2.24) is 19.9 Å². The van der Waals surface area contributed by atoms with Crippen LogP contribution in [0.15, 0.2) is 35.3 Å². The summed E-state index contributed by atoms with van der Waals surface area (Å²) >= 11 is 0. The SMILES string of the molecule is O=C(C1CC1)N1CCC(c2nc(-c3ccccn3)cc(=O)[nH]2)C1. The molecule has 1 N–H and O–H groups in total. The third kappa shape index (κ3) is 2.88. The van der Waals surface area contributed by atoms with Gasteiger partial charge in [-0.2, -0.15) is 0 Å². The number of hydrogen-bond donors (Lipinski definition) is 1. The largest absolute Gasteiger partial charge is 0.342 e. The molecule has 6 heteroatoms. The molecule has 2 aliphatic rings. The number of aromatic amines is 1. The molecule has 1 saturated carbocycles. The topological polar surface area (TPSA) is 79.0 Å². The first-order chi connectivity index (χ1) is 11.2. The number of rotatable bonds is 3. The Labute approximate surface area is 133 Å². The highest BCUT2D eigenvalue weighted by molar-refractivity contribution is 5.81. The summed E-state index contributed by atoms with van der Waals surface area (Å²) in [5, 5.41) is 0. The number of H-pyrrole nitrogens is 1. The molecule has 0 aromatic carbocycles. The molecular formula is C17H18N4O2. The maximum Gasteiger partial charge on any atom is 0.251 e. The first kappa shape index (κ1) is 14.1. The molecule has 4 rings (SSSR count). The number of likely N-dealkylation sites (tertiary alicyclic amines) is 1. The summed E-state index contributed by atoms with van der Waals surface area (Å²) in [5.41, 5.74) is 1.09. The van der Waals surface area contributed by atoms with Gasteiger partial charge >= 0.3 is 0 Å². The van der Waals surface area contributed by atoms with E-state index in [0.717, 1.165) is 25.8 Å². The van der Waals surface area contributed by atoms with Gasteiger partial charge in [0.1, 0.15) is 5.82 Å². The Morgan fingerprint density at radius 2 is 2.09 bits per heavy atom. The van der Waals surface area contributed by atoms with Gasteiger partial charge < -0.3 is 9.88 Å². The van der Waals surface area contributed by atoms with Crippen LogP contribution in [0.2, 0.25) is 0 Å². The quantitative estimate of drug-likeness (QED) is 0.933. The van der Waals surface area contributed by atoms with Gasteiger partial charge in [0.15, 0.2) is 0 Å². The lowest BCUT2D eigenvalue weighted by molar-refractivity contribution is -0.131. The Morgan fingerprint density at radius 3 is 2.83 bits per heavy atom. The van der Waals surface area contributed by atoms with Crippen molar-refractivity contribution >= 4 is 5.91 Å². The fourth-order valence-electron chi connectivity index (χ4n) is 3.09. The first-order valence-electron chi connectivity index (χ1n) is 8.02. The highest BCUT2D eigenvalue weighted by Gasteiger charge is 2.37. The number of amides is 1. The van der Waals surface area contributed by atoms with Crippen LogP contribution in [0.5, 0.6) is 0 Å². The van der Waals surface area contributed by atoms with Crippen LogP contribution in [-0.2, 0) is 4.79 Å². The summed E-state index contributed by atoms with van der Waals surface area (Å²) in [4.78, 5) is 37.7. The highest BCUT2D eigenvalue weighted by Crippen LogP contribution is 2.34. The predicted octanol–water partition coefficient (Wildman–Crippen LogP) is 1.56. The van der Waals surface area contributed by atoms with Crippen molar-refractivity contribution in [2.24, 2.45) is 5.92 Å². The standard InChI is InChI=1S/C17H18N4O2/c22-15-9-14(13-3-1-2-7-18-13)19-16(20-15)12-6-8-21(10-12)17(23)11-4-5-11/h1-3,7,9,11-12H,4-6,8,10H2,(H,19,20,22). The molecule has 3 heterocycles. The molecule has 1 saturated heterocycles. The lowest BCUT2D eigenvalue weighted by Gasteiger charge is -2.16. The molecule has 1 amide bonds. The minimum absolute atomic E-state index is 0.0917. The third-order valence-corrected chi connectivity index (χ3v) is 4.50. The Hall–Kier alpha value is -2.50. The van der Waals surface area contributed by atoms with E-state index in [9.17, 15) is 9.59 Å². The number of pyridine rings is 1. The van der Waals surface area contributed by atoms with E-state index in [-0.39, 0.29) is 23.3 Å². The van der Waals surface area contributed by atoms with E-state index in [0.29, 0.717) is 23.8 Å². The van der Waals surface area contributed by atoms with Crippen LogP contribution >= 0.6 is 0 Å². The molecule has 0 spiro atoms. The number of carbonyl (C=O) groups is 1. The molecule has 0 bridgehead atoms. The number of nitrogens with one attached hydrogen (secondary N) is 1. The van der Waals surface area contributed by atoms with Crippen LogP contribution < -0.4 is 5.56 Å². The summed E-state index contributed by atoms with van der Waals surface area (Å²) in [6.07, 6.45) is 4.56. The summed E-state index contributed by atoms with van der Waals surface area (Å²) in [6, 6.07) is 7.00. The number of nitrogens with zero attached hydrogens (tertiary/aromatic N) is 3. The highest BCUT2D eigenvalue weighted by atomic mass is 16.2. The summed E-state index contributed by atoms with van der Waals surface area (Å²) in [6.45, 7) is 1.39. The van der Waals surface area contributed by atoms with E-state index >= 15 is 0 Å². The Bertz CT molecular complexity index is 783. The fourth-order valence-corrected chi connectivity index (χ4v) is 3.09. The second-order valence-corrected chi connectivity index (χ2v) is 6.27. The smallest absolute Gasteiger partial charge is 0.251 e. The normalized spacial score (nSPS) is 20.7. The predicted molar refractivity (Wildman–Crippen MR) is 84.8 cm³/mol. The minimum atomic E-state index is -0.178. The van der Waals surface area contributed by atoms with Crippen molar-refractivity contribution in [3.63, 3.8) is 0 Å². The first-order valence-corrected chi connectivity index (χ1v) is 8.02. The molecule has 0 radical (unpaired) electrons. The molecule has 2 fully saturated rings. The minimum Gasteiger partial charge on any atom is -0.342 e. The van der Waals surface area contributed by atoms with Crippen LogP contribution in [0.4, 0.5) is 0 Å². The summed E-state index contributed by atoms with van der Waals surface area (Å²) < 4.78 is 0. The van der Waals surface area contributed by atoms with Gasteiger partial charge in [0, 0.05) is 37.2 Å². The van der Waals surface area contributed by atoms with Gasteiger partial charge in [0.2, 0.25) is 5.91 Å². The van der Waals surface area contributed by atoms with Crippen LogP contribution in [0.1, 0.15) is 31.0 Å².